The van der Waals surface area contributed by atoms with Crippen LogP contribution in [0.1, 0.15) is 39.5 Å². The predicted octanol–water partition coefficient (Wildman–Crippen LogP) is 0.690. The molecule has 21 heavy (non-hydrogen) atoms. The van der Waals surface area contributed by atoms with Gasteiger partial charge in [0, 0.05) is 31.9 Å². The molecule has 2 atom stereocenters. The molecule has 2 aliphatic heterocycles. The number of imide groups is 1. The lowest BCUT2D eigenvalue weighted by Crippen LogP contribution is -2.39. The molecule has 116 valence electrons. The number of ketones is 1. The Balaban J connectivity index is 1.97. The van der Waals surface area contributed by atoms with Gasteiger partial charge in [0.05, 0.1) is 0 Å². The first-order valence-electron chi connectivity index (χ1n) is 7.20. The first-order valence-corrected chi connectivity index (χ1v) is 7.20. The quantitative estimate of drug-likeness (QED) is 0.728. The van der Waals surface area contributed by atoms with Crippen molar-refractivity contribution in [2.45, 2.75) is 45.1 Å². The fraction of sp³-hybridized carbons (Fsp3) is 0.667. The molecule has 0 saturated carbocycles. The van der Waals surface area contributed by atoms with Crippen molar-refractivity contribution >= 4 is 17.6 Å². The summed E-state index contributed by atoms with van der Waals surface area (Å²) < 4.78 is 5.76. The summed E-state index contributed by atoms with van der Waals surface area (Å²) in [5.74, 6) is -0.308. The molecule has 2 amide bonds. The highest BCUT2D eigenvalue weighted by Crippen LogP contribution is 2.35. The maximum atomic E-state index is 12.1. The lowest BCUT2D eigenvalue weighted by Gasteiger charge is -2.27. The van der Waals surface area contributed by atoms with Gasteiger partial charge in [-0.1, -0.05) is 6.92 Å². The molecule has 1 fully saturated rings. The summed E-state index contributed by atoms with van der Waals surface area (Å²) in [5, 5.41) is 11.4. The van der Waals surface area contributed by atoms with Crippen LogP contribution in [-0.2, 0) is 19.1 Å². The molecule has 0 aliphatic carbocycles. The lowest BCUT2D eigenvalue weighted by atomic mass is 9.90. The topological polar surface area (TPSA) is 92.7 Å². The molecule has 2 heterocycles. The molecule has 2 rings (SSSR count). The Bertz CT molecular complexity index is 482. The zero-order valence-corrected chi connectivity index (χ0v) is 12.3. The normalized spacial score (nSPS) is 28.1. The largest absolute Gasteiger partial charge is 0.484 e. The Morgan fingerprint density at radius 3 is 2.57 bits per heavy atom. The highest BCUT2D eigenvalue weighted by atomic mass is 16.5. The molecule has 0 aromatic heterocycles. The summed E-state index contributed by atoms with van der Waals surface area (Å²) in [6, 6.07) is 0. The predicted molar refractivity (Wildman–Crippen MR) is 73.9 cm³/mol. The molecule has 0 aromatic carbocycles. The van der Waals surface area contributed by atoms with Crippen LogP contribution >= 0.6 is 0 Å². The van der Waals surface area contributed by atoms with E-state index in [0.717, 1.165) is 0 Å². The summed E-state index contributed by atoms with van der Waals surface area (Å²) in [4.78, 5) is 34.8. The third-order valence-electron chi connectivity index (χ3n) is 3.94. The molecule has 0 bridgehead atoms. The van der Waals surface area contributed by atoms with Crippen LogP contribution in [0.5, 0.6) is 0 Å². The van der Waals surface area contributed by atoms with Crippen LogP contribution < -0.4 is 5.32 Å². The molecule has 2 unspecified atom stereocenters. The minimum absolute atomic E-state index is 0.00113. The Labute approximate surface area is 123 Å². The summed E-state index contributed by atoms with van der Waals surface area (Å²) in [6.45, 7) is 3.56. The molecule has 2 N–H and O–H groups in total. The van der Waals surface area contributed by atoms with Gasteiger partial charge in [-0.15, -0.1) is 0 Å². The fourth-order valence-electron chi connectivity index (χ4n) is 2.92. The molecule has 0 radical (unpaired) electrons. The molecular formula is C15H21NO5. The summed E-state index contributed by atoms with van der Waals surface area (Å²) >= 11 is 0. The number of hydrogen-bond donors (Lipinski definition) is 2. The average Bonchev–Trinajstić information content (AvgIpc) is 2.62. The summed E-state index contributed by atoms with van der Waals surface area (Å²) in [5.41, 5.74) is -0.946. The second kappa shape index (κ2) is 5.97. The number of rotatable bonds is 5. The maximum absolute atomic E-state index is 12.1. The number of amides is 2. The van der Waals surface area contributed by atoms with Gasteiger partial charge in [-0.05, 0) is 25.2 Å². The van der Waals surface area contributed by atoms with E-state index in [9.17, 15) is 14.4 Å². The molecule has 1 saturated heterocycles. The van der Waals surface area contributed by atoms with E-state index in [2.05, 4.69) is 5.32 Å². The number of ether oxygens (including phenoxy) is 1. The van der Waals surface area contributed by atoms with Gasteiger partial charge in [-0.2, -0.15) is 0 Å². The minimum atomic E-state index is -0.946. The minimum Gasteiger partial charge on any atom is -0.484 e. The van der Waals surface area contributed by atoms with Crippen molar-refractivity contribution in [3.05, 3.63) is 11.8 Å². The highest BCUT2D eigenvalue weighted by molar-refractivity contribution is 5.99. The molecule has 0 aromatic rings. The number of carbonyl (C=O) groups excluding carboxylic acids is 3. The monoisotopic (exact) mass is 295 g/mol. The van der Waals surface area contributed by atoms with E-state index in [0.29, 0.717) is 18.6 Å². The van der Waals surface area contributed by atoms with E-state index in [-0.39, 0.29) is 48.9 Å². The first kappa shape index (κ1) is 15.7. The van der Waals surface area contributed by atoms with E-state index in [4.69, 9.17) is 9.84 Å². The van der Waals surface area contributed by atoms with E-state index in [1.54, 1.807) is 6.92 Å². The lowest BCUT2D eigenvalue weighted by molar-refractivity contribution is -0.135. The van der Waals surface area contributed by atoms with E-state index < -0.39 is 5.60 Å². The second-order valence-corrected chi connectivity index (χ2v) is 6.25. The zero-order chi connectivity index (χ0) is 15.6. The van der Waals surface area contributed by atoms with Gasteiger partial charge in [0.2, 0.25) is 17.6 Å². The molecule has 6 nitrogen and oxygen atoms in total. The van der Waals surface area contributed by atoms with E-state index >= 15 is 0 Å². The van der Waals surface area contributed by atoms with Crippen LogP contribution in [0.4, 0.5) is 0 Å². The van der Waals surface area contributed by atoms with Crippen molar-refractivity contribution < 1.29 is 24.2 Å². The van der Waals surface area contributed by atoms with Crippen molar-refractivity contribution in [2.75, 3.05) is 6.61 Å². The Hall–Kier alpha value is -1.69. The number of allylic oxidation sites excluding steroid dienone is 1. The third kappa shape index (κ3) is 3.69. The number of nitrogens with one attached hydrogen (secondary N) is 1. The van der Waals surface area contributed by atoms with E-state index in [1.807, 2.05) is 6.92 Å². The molecule has 0 spiro atoms. The average molecular weight is 295 g/mol. The standard InChI is InChI=1S/C15H21NO5/c1-9(8-17)7-15(2)12(18)6-11(21-15)3-10-4-13(19)16-14(20)5-10/h6,9-10,17H,3-5,7-8H2,1-2H3,(H,16,19,20). The van der Waals surface area contributed by atoms with Gasteiger partial charge >= 0.3 is 0 Å². The van der Waals surface area contributed by atoms with Gasteiger partial charge in [-0.25, -0.2) is 0 Å². The van der Waals surface area contributed by atoms with Crippen molar-refractivity contribution in [3.8, 4) is 0 Å². The van der Waals surface area contributed by atoms with Gasteiger partial charge in [-0.3, -0.25) is 19.7 Å². The number of piperidine rings is 1. The van der Waals surface area contributed by atoms with Gasteiger partial charge < -0.3 is 9.84 Å². The van der Waals surface area contributed by atoms with Crippen LogP contribution in [-0.4, -0.2) is 34.9 Å². The van der Waals surface area contributed by atoms with Crippen LogP contribution in [0, 0.1) is 11.8 Å². The van der Waals surface area contributed by atoms with Crippen LogP contribution in [0.2, 0.25) is 0 Å². The number of hydrogen-bond acceptors (Lipinski definition) is 5. The first-order chi connectivity index (χ1) is 9.82. The number of carbonyl (C=O) groups is 3. The second-order valence-electron chi connectivity index (χ2n) is 6.25. The fourth-order valence-corrected chi connectivity index (χ4v) is 2.92. The van der Waals surface area contributed by atoms with Gasteiger partial charge in [0.25, 0.3) is 0 Å². The van der Waals surface area contributed by atoms with Crippen LogP contribution in [0.3, 0.4) is 0 Å². The van der Waals surface area contributed by atoms with Crippen molar-refractivity contribution in [2.24, 2.45) is 11.8 Å². The zero-order valence-electron chi connectivity index (χ0n) is 12.3. The van der Waals surface area contributed by atoms with Crippen molar-refractivity contribution in [3.63, 3.8) is 0 Å². The highest BCUT2D eigenvalue weighted by Gasteiger charge is 2.41. The SMILES string of the molecule is CC(CO)CC1(C)OC(CC2CC(=O)NC(=O)C2)=CC1=O. The van der Waals surface area contributed by atoms with Crippen LogP contribution in [0.25, 0.3) is 0 Å². The summed E-state index contributed by atoms with van der Waals surface area (Å²) in [7, 11) is 0. The number of aliphatic hydroxyl groups excluding tert-OH is 1. The third-order valence-corrected chi connectivity index (χ3v) is 3.94. The van der Waals surface area contributed by atoms with Gasteiger partial charge in [0.15, 0.2) is 5.60 Å². The Morgan fingerprint density at radius 2 is 2.00 bits per heavy atom. The Kier molecular flexibility index (Phi) is 4.46. The molecule has 6 heteroatoms. The summed E-state index contributed by atoms with van der Waals surface area (Å²) in [6.07, 6.45) is 2.84. The van der Waals surface area contributed by atoms with E-state index in [1.165, 1.54) is 6.08 Å². The maximum Gasteiger partial charge on any atom is 0.226 e. The Morgan fingerprint density at radius 1 is 1.38 bits per heavy atom. The smallest absolute Gasteiger partial charge is 0.226 e. The molecular weight excluding hydrogens is 274 g/mol. The van der Waals surface area contributed by atoms with Crippen molar-refractivity contribution in [1.82, 2.24) is 5.32 Å². The van der Waals surface area contributed by atoms with Crippen molar-refractivity contribution in [1.29, 1.82) is 0 Å². The van der Waals surface area contributed by atoms with Crippen LogP contribution in [0.15, 0.2) is 11.8 Å². The van der Waals surface area contributed by atoms with Gasteiger partial charge in [0.1, 0.15) is 5.76 Å². The molecule has 2 aliphatic rings. The number of aliphatic hydroxyl groups is 1.